The van der Waals surface area contributed by atoms with Crippen molar-refractivity contribution < 1.29 is 14.6 Å². The molecule has 0 atom stereocenters. The molecule has 3 rings (SSSR count). The molecular weight excluding hydrogens is 324 g/mol. The van der Waals surface area contributed by atoms with Crippen LogP contribution in [0.4, 0.5) is 5.69 Å². The highest BCUT2D eigenvalue weighted by atomic mass is 32.1. The first-order chi connectivity index (χ1) is 11.7. The number of thiazole rings is 1. The monoisotopic (exact) mass is 340 g/mol. The van der Waals surface area contributed by atoms with Crippen molar-refractivity contribution in [2.45, 2.75) is 6.61 Å². The van der Waals surface area contributed by atoms with E-state index in [-0.39, 0.29) is 12.5 Å². The molecule has 0 aliphatic heterocycles. The summed E-state index contributed by atoms with van der Waals surface area (Å²) < 4.78 is 5.33. The van der Waals surface area contributed by atoms with Gasteiger partial charge in [0.2, 0.25) is 0 Å². The Hall–Kier alpha value is -2.70. The number of aliphatic hydroxyl groups excluding tert-OH is 1. The number of amides is 1. The summed E-state index contributed by atoms with van der Waals surface area (Å²) in [5, 5.41) is 14.4. The summed E-state index contributed by atoms with van der Waals surface area (Å²) in [6, 6.07) is 14.6. The summed E-state index contributed by atoms with van der Waals surface area (Å²) in [6.45, 7) is -0.0711. The number of carbonyl (C=O) groups excluding carboxylic acids is 1. The first-order valence-electron chi connectivity index (χ1n) is 7.31. The molecule has 1 heterocycles. The predicted octanol–water partition coefficient (Wildman–Crippen LogP) is 3.56. The van der Waals surface area contributed by atoms with Crippen LogP contribution in [-0.4, -0.2) is 23.1 Å². The molecule has 0 aliphatic carbocycles. The van der Waals surface area contributed by atoms with Gasteiger partial charge in [0.1, 0.15) is 16.5 Å². The molecule has 0 spiro atoms. The third-order valence-corrected chi connectivity index (χ3v) is 4.32. The zero-order valence-corrected chi connectivity index (χ0v) is 13.8. The molecule has 0 fully saturated rings. The maximum Gasteiger partial charge on any atom is 0.275 e. The Balaban J connectivity index is 1.81. The van der Waals surface area contributed by atoms with Crippen molar-refractivity contribution in [1.82, 2.24) is 4.98 Å². The van der Waals surface area contributed by atoms with Crippen LogP contribution in [0.3, 0.4) is 0 Å². The number of anilines is 1. The van der Waals surface area contributed by atoms with Crippen molar-refractivity contribution in [2.75, 3.05) is 12.4 Å². The van der Waals surface area contributed by atoms with E-state index in [4.69, 9.17) is 9.84 Å². The minimum Gasteiger partial charge on any atom is -0.496 e. The maximum absolute atomic E-state index is 12.4. The fraction of sp³-hybridized carbons (Fsp3) is 0.111. The molecule has 0 aliphatic rings. The minimum absolute atomic E-state index is 0.0711. The standard InChI is InChI=1S/C18H16N2O3S/c1-23-16-8-3-2-7-14(16)18-20-15(11-24-18)17(22)19-13-6-4-5-12(9-13)10-21/h2-9,11,21H,10H2,1H3,(H,19,22). The molecule has 3 aromatic rings. The second kappa shape index (κ2) is 7.25. The normalized spacial score (nSPS) is 10.4. The lowest BCUT2D eigenvalue weighted by atomic mass is 10.2. The van der Waals surface area contributed by atoms with E-state index in [0.717, 1.165) is 21.9 Å². The van der Waals surface area contributed by atoms with E-state index in [9.17, 15) is 4.79 Å². The van der Waals surface area contributed by atoms with Crippen molar-refractivity contribution >= 4 is 22.9 Å². The van der Waals surface area contributed by atoms with Crippen LogP contribution in [0.15, 0.2) is 53.9 Å². The van der Waals surface area contributed by atoms with E-state index >= 15 is 0 Å². The van der Waals surface area contributed by atoms with Gasteiger partial charge in [-0.25, -0.2) is 4.98 Å². The summed E-state index contributed by atoms with van der Waals surface area (Å²) in [5.41, 5.74) is 2.56. The highest BCUT2D eigenvalue weighted by Gasteiger charge is 2.14. The number of aliphatic hydroxyl groups is 1. The fourth-order valence-corrected chi connectivity index (χ4v) is 3.10. The Bertz CT molecular complexity index is 861. The highest BCUT2D eigenvalue weighted by molar-refractivity contribution is 7.13. The fourth-order valence-electron chi connectivity index (χ4n) is 2.27. The van der Waals surface area contributed by atoms with E-state index in [1.165, 1.54) is 11.3 Å². The second-order valence-electron chi connectivity index (χ2n) is 5.05. The van der Waals surface area contributed by atoms with Gasteiger partial charge >= 0.3 is 0 Å². The number of ether oxygens (including phenoxy) is 1. The number of rotatable bonds is 5. The zero-order chi connectivity index (χ0) is 16.9. The van der Waals surface area contributed by atoms with Crippen molar-refractivity contribution in [1.29, 1.82) is 0 Å². The van der Waals surface area contributed by atoms with E-state index in [1.807, 2.05) is 24.3 Å². The van der Waals surface area contributed by atoms with E-state index in [0.29, 0.717) is 11.4 Å². The van der Waals surface area contributed by atoms with Crippen LogP contribution in [-0.2, 0) is 6.61 Å². The van der Waals surface area contributed by atoms with Crippen molar-refractivity contribution in [2.24, 2.45) is 0 Å². The smallest absolute Gasteiger partial charge is 0.275 e. The van der Waals surface area contributed by atoms with Crippen molar-refractivity contribution in [3.05, 3.63) is 65.2 Å². The average Bonchev–Trinajstić information content (AvgIpc) is 3.12. The number of aromatic nitrogens is 1. The molecule has 0 bridgehead atoms. The lowest BCUT2D eigenvalue weighted by Crippen LogP contribution is -2.12. The molecule has 0 saturated heterocycles. The first-order valence-corrected chi connectivity index (χ1v) is 8.19. The quantitative estimate of drug-likeness (QED) is 0.745. The van der Waals surface area contributed by atoms with Gasteiger partial charge in [-0.15, -0.1) is 11.3 Å². The van der Waals surface area contributed by atoms with Gasteiger partial charge in [0.05, 0.1) is 19.3 Å². The van der Waals surface area contributed by atoms with Crippen LogP contribution < -0.4 is 10.1 Å². The molecule has 0 unspecified atom stereocenters. The Labute approximate surface area is 143 Å². The van der Waals surface area contributed by atoms with Crippen LogP contribution in [0.5, 0.6) is 5.75 Å². The third kappa shape index (κ3) is 3.45. The third-order valence-electron chi connectivity index (χ3n) is 3.44. The van der Waals surface area contributed by atoms with Crippen molar-refractivity contribution in [3.63, 3.8) is 0 Å². The summed E-state index contributed by atoms with van der Waals surface area (Å²) in [6.07, 6.45) is 0. The minimum atomic E-state index is -0.289. The van der Waals surface area contributed by atoms with Crippen LogP contribution in [0, 0.1) is 0 Å². The highest BCUT2D eigenvalue weighted by Crippen LogP contribution is 2.32. The topological polar surface area (TPSA) is 71.5 Å². The molecule has 6 heteroatoms. The number of nitrogens with one attached hydrogen (secondary N) is 1. The molecule has 0 saturated carbocycles. The van der Waals surface area contributed by atoms with Gasteiger partial charge < -0.3 is 15.2 Å². The number of nitrogens with zero attached hydrogens (tertiary/aromatic N) is 1. The molecule has 2 N–H and O–H groups in total. The lowest BCUT2D eigenvalue weighted by molar-refractivity contribution is 0.102. The van der Waals surface area contributed by atoms with Gasteiger partial charge in [-0.05, 0) is 29.8 Å². The molecule has 2 aromatic carbocycles. The van der Waals surface area contributed by atoms with Gasteiger partial charge in [-0.3, -0.25) is 4.79 Å². The number of hydrogen-bond acceptors (Lipinski definition) is 5. The van der Waals surface area contributed by atoms with Gasteiger partial charge in [-0.1, -0.05) is 24.3 Å². The van der Waals surface area contributed by atoms with Crippen LogP contribution in [0.25, 0.3) is 10.6 Å². The van der Waals surface area contributed by atoms with Gasteiger partial charge in [0.25, 0.3) is 5.91 Å². The zero-order valence-electron chi connectivity index (χ0n) is 13.0. The number of carbonyl (C=O) groups is 1. The number of hydrogen-bond donors (Lipinski definition) is 2. The lowest BCUT2D eigenvalue weighted by Gasteiger charge is -2.05. The van der Waals surface area contributed by atoms with Crippen molar-refractivity contribution in [3.8, 4) is 16.3 Å². The number of para-hydroxylation sites is 1. The van der Waals surface area contributed by atoms with Gasteiger partial charge in [-0.2, -0.15) is 0 Å². The summed E-state index contributed by atoms with van der Waals surface area (Å²) in [5.74, 6) is 0.428. The van der Waals surface area contributed by atoms with E-state index in [2.05, 4.69) is 10.3 Å². The summed E-state index contributed by atoms with van der Waals surface area (Å²) >= 11 is 1.39. The molecule has 122 valence electrons. The first kappa shape index (κ1) is 16.2. The van der Waals surface area contributed by atoms with E-state index < -0.39 is 0 Å². The number of methoxy groups -OCH3 is 1. The molecule has 1 aromatic heterocycles. The molecule has 1 amide bonds. The van der Waals surface area contributed by atoms with Crippen LogP contribution in [0.1, 0.15) is 16.1 Å². The summed E-state index contributed by atoms with van der Waals surface area (Å²) in [4.78, 5) is 16.8. The molecule has 0 radical (unpaired) electrons. The SMILES string of the molecule is COc1ccccc1-c1nc(C(=O)Nc2cccc(CO)c2)cs1. The van der Waals surface area contributed by atoms with Crippen LogP contribution in [0.2, 0.25) is 0 Å². The van der Waals surface area contributed by atoms with Gasteiger partial charge in [0, 0.05) is 11.1 Å². The Morgan fingerprint density at radius 3 is 2.88 bits per heavy atom. The molecule has 5 nitrogen and oxygen atoms in total. The van der Waals surface area contributed by atoms with E-state index in [1.54, 1.807) is 36.8 Å². The second-order valence-corrected chi connectivity index (χ2v) is 5.91. The largest absolute Gasteiger partial charge is 0.496 e. The Kier molecular flexibility index (Phi) is 4.88. The number of benzene rings is 2. The summed E-state index contributed by atoms with van der Waals surface area (Å²) in [7, 11) is 1.61. The van der Waals surface area contributed by atoms with Crippen LogP contribution >= 0.6 is 11.3 Å². The average molecular weight is 340 g/mol. The maximum atomic E-state index is 12.4. The molecular formula is C18H16N2O3S. The van der Waals surface area contributed by atoms with Gasteiger partial charge in [0.15, 0.2) is 0 Å². The Morgan fingerprint density at radius 1 is 1.25 bits per heavy atom. The molecule has 24 heavy (non-hydrogen) atoms. The predicted molar refractivity (Wildman–Crippen MR) is 94.4 cm³/mol. The Morgan fingerprint density at radius 2 is 2.08 bits per heavy atom.